The Morgan fingerprint density at radius 2 is 2.00 bits per heavy atom. The second kappa shape index (κ2) is 4.17. The van der Waals surface area contributed by atoms with Crippen LogP contribution < -0.4 is 0 Å². The van der Waals surface area contributed by atoms with Crippen LogP contribution in [0.1, 0.15) is 56.2 Å². The molecule has 1 heterocycles. The summed E-state index contributed by atoms with van der Waals surface area (Å²) in [4.78, 5) is 4.40. The minimum absolute atomic E-state index is 0.281. The molecule has 2 fully saturated rings. The highest BCUT2D eigenvalue weighted by atomic mass is 16.5. The van der Waals surface area contributed by atoms with E-state index in [9.17, 15) is 5.11 Å². The van der Waals surface area contributed by atoms with Gasteiger partial charge in [0.05, 0.1) is 12.5 Å². The Morgan fingerprint density at radius 1 is 1.25 bits per heavy atom. The van der Waals surface area contributed by atoms with Gasteiger partial charge in [0, 0.05) is 5.92 Å². The Kier molecular flexibility index (Phi) is 2.67. The van der Waals surface area contributed by atoms with Gasteiger partial charge in [0.1, 0.15) is 0 Å². The second-order valence-electron chi connectivity index (χ2n) is 5.14. The molecule has 1 unspecified atom stereocenters. The van der Waals surface area contributed by atoms with Gasteiger partial charge >= 0.3 is 0 Å². The van der Waals surface area contributed by atoms with Crippen molar-refractivity contribution in [1.82, 2.24) is 10.1 Å². The maximum atomic E-state index is 9.79. The molecule has 1 N–H and O–H groups in total. The Labute approximate surface area is 95.0 Å². The van der Waals surface area contributed by atoms with Gasteiger partial charge < -0.3 is 9.63 Å². The zero-order chi connectivity index (χ0) is 11.0. The molecule has 2 saturated carbocycles. The van der Waals surface area contributed by atoms with Crippen LogP contribution in [0.25, 0.3) is 0 Å². The van der Waals surface area contributed by atoms with E-state index in [1.165, 1.54) is 25.7 Å². The van der Waals surface area contributed by atoms with Gasteiger partial charge in [-0.2, -0.15) is 4.98 Å². The zero-order valence-corrected chi connectivity index (χ0v) is 9.43. The molecule has 1 aromatic heterocycles. The van der Waals surface area contributed by atoms with Crippen LogP contribution in [0.3, 0.4) is 0 Å². The topological polar surface area (TPSA) is 59.2 Å². The van der Waals surface area contributed by atoms with Gasteiger partial charge in [0.2, 0.25) is 5.89 Å². The molecule has 1 atom stereocenters. The van der Waals surface area contributed by atoms with Gasteiger partial charge in [-0.3, -0.25) is 0 Å². The normalized spacial score (nSPS) is 23.8. The molecule has 0 radical (unpaired) electrons. The van der Waals surface area contributed by atoms with Crippen molar-refractivity contribution in [3.8, 4) is 0 Å². The number of rotatable bonds is 4. The first-order valence-corrected chi connectivity index (χ1v) is 6.33. The van der Waals surface area contributed by atoms with Crippen molar-refractivity contribution in [1.29, 1.82) is 0 Å². The smallest absolute Gasteiger partial charge is 0.229 e. The predicted molar refractivity (Wildman–Crippen MR) is 57.9 cm³/mol. The highest BCUT2D eigenvalue weighted by Crippen LogP contribution is 2.35. The fourth-order valence-electron chi connectivity index (χ4n) is 2.53. The van der Waals surface area contributed by atoms with Crippen molar-refractivity contribution < 1.29 is 9.63 Å². The van der Waals surface area contributed by atoms with Crippen molar-refractivity contribution in [3.63, 3.8) is 0 Å². The average Bonchev–Trinajstić information content (AvgIpc) is 2.80. The van der Waals surface area contributed by atoms with Crippen LogP contribution in [-0.2, 0) is 6.42 Å². The Hall–Kier alpha value is -0.900. The third kappa shape index (κ3) is 2.12. The van der Waals surface area contributed by atoms with Crippen molar-refractivity contribution in [2.45, 2.75) is 57.0 Å². The molecule has 0 aromatic carbocycles. The number of aliphatic hydroxyl groups excluding tert-OH is 1. The summed E-state index contributed by atoms with van der Waals surface area (Å²) in [6, 6.07) is 0. The lowest BCUT2D eigenvalue weighted by Crippen LogP contribution is -2.13. The minimum atomic E-state index is -0.281. The van der Waals surface area contributed by atoms with E-state index in [0.29, 0.717) is 24.1 Å². The highest BCUT2D eigenvalue weighted by molar-refractivity contribution is 4.99. The number of hydrogen-bond donors (Lipinski definition) is 1. The van der Waals surface area contributed by atoms with E-state index in [-0.39, 0.29) is 6.10 Å². The summed E-state index contributed by atoms with van der Waals surface area (Å²) in [5.74, 6) is 2.44. The summed E-state index contributed by atoms with van der Waals surface area (Å²) in [6.07, 6.45) is 7.46. The number of nitrogens with zero attached hydrogens (tertiary/aromatic N) is 2. The third-order valence-corrected chi connectivity index (χ3v) is 3.75. The van der Waals surface area contributed by atoms with Crippen LogP contribution in [0, 0.1) is 5.92 Å². The van der Waals surface area contributed by atoms with E-state index in [2.05, 4.69) is 10.1 Å². The molecular weight excluding hydrogens is 204 g/mol. The van der Waals surface area contributed by atoms with E-state index >= 15 is 0 Å². The third-order valence-electron chi connectivity index (χ3n) is 3.75. The summed E-state index contributed by atoms with van der Waals surface area (Å²) in [5.41, 5.74) is 0. The molecular formula is C12H18N2O2. The summed E-state index contributed by atoms with van der Waals surface area (Å²) in [5, 5.41) is 13.8. The quantitative estimate of drug-likeness (QED) is 0.847. The Balaban J connectivity index is 1.62. The van der Waals surface area contributed by atoms with E-state index < -0.39 is 0 Å². The van der Waals surface area contributed by atoms with Gasteiger partial charge in [-0.25, -0.2) is 0 Å². The zero-order valence-electron chi connectivity index (χ0n) is 9.43. The Bertz CT molecular complexity index is 354. The lowest BCUT2D eigenvalue weighted by atomic mass is 10.1. The first-order valence-electron chi connectivity index (χ1n) is 6.33. The van der Waals surface area contributed by atoms with Gasteiger partial charge in [-0.15, -0.1) is 0 Å². The van der Waals surface area contributed by atoms with E-state index in [0.717, 1.165) is 18.7 Å². The standard InChI is InChI=1S/C12H18N2O2/c15-10(8-5-6-8)7-11-13-12(14-16-11)9-3-1-2-4-9/h8-10,15H,1-7H2. The first-order chi connectivity index (χ1) is 7.83. The molecule has 1 aromatic rings. The van der Waals surface area contributed by atoms with Crippen LogP contribution in [0.2, 0.25) is 0 Å². The molecule has 16 heavy (non-hydrogen) atoms. The number of aliphatic hydroxyl groups is 1. The maximum absolute atomic E-state index is 9.79. The van der Waals surface area contributed by atoms with Crippen molar-refractivity contribution >= 4 is 0 Å². The molecule has 0 spiro atoms. The van der Waals surface area contributed by atoms with Gasteiger partial charge in [-0.1, -0.05) is 18.0 Å². The van der Waals surface area contributed by atoms with Crippen molar-refractivity contribution in [3.05, 3.63) is 11.7 Å². The number of hydrogen-bond acceptors (Lipinski definition) is 4. The average molecular weight is 222 g/mol. The molecule has 0 bridgehead atoms. The van der Waals surface area contributed by atoms with Gasteiger partial charge in [0.15, 0.2) is 5.82 Å². The fraction of sp³-hybridized carbons (Fsp3) is 0.833. The summed E-state index contributed by atoms with van der Waals surface area (Å²) >= 11 is 0. The molecule has 3 rings (SSSR count). The van der Waals surface area contributed by atoms with E-state index in [4.69, 9.17) is 4.52 Å². The lowest BCUT2D eigenvalue weighted by molar-refractivity contribution is 0.140. The molecule has 0 amide bonds. The molecule has 4 heteroatoms. The molecule has 88 valence electrons. The number of aromatic nitrogens is 2. The fourth-order valence-corrected chi connectivity index (χ4v) is 2.53. The second-order valence-corrected chi connectivity index (χ2v) is 5.14. The summed E-state index contributed by atoms with van der Waals surface area (Å²) in [6.45, 7) is 0. The van der Waals surface area contributed by atoms with Crippen LogP contribution in [-0.4, -0.2) is 21.4 Å². The highest BCUT2D eigenvalue weighted by Gasteiger charge is 2.31. The molecule has 2 aliphatic carbocycles. The first kappa shape index (κ1) is 10.3. The SMILES string of the molecule is OC(Cc1nc(C2CCCC2)no1)C1CC1. The van der Waals surface area contributed by atoms with Crippen LogP contribution >= 0.6 is 0 Å². The maximum Gasteiger partial charge on any atom is 0.229 e. The Morgan fingerprint density at radius 3 is 2.69 bits per heavy atom. The minimum Gasteiger partial charge on any atom is -0.392 e. The van der Waals surface area contributed by atoms with E-state index in [1.54, 1.807) is 0 Å². The monoisotopic (exact) mass is 222 g/mol. The summed E-state index contributed by atoms with van der Waals surface area (Å²) < 4.78 is 5.20. The van der Waals surface area contributed by atoms with Gasteiger partial charge in [0.25, 0.3) is 0 Å². The molecule has 0 aliphatic heterocycles. The predicted octanol–water partition coefficient (Wildman–Crippen LogP) is 2.04. The van der Waals surface area contributed by atoms with Gasteiger partial charge in [-0.05, 0) is 31.6 Å². The van der Waals surface area contributed by atoms with Crippen LogP contribution in [0.15, 0.2) is 4.52 Å². The van der Waals surface area contributed by atoms with Crippen molar-refractivity contribution in [2.75, 3.05) is 0 Å². The van der Waals surface area contributed by atoms with Crippen LogP contribution in [0.5, 0.6) is 0 Å². The summed E-state index contributed by atoms with van der Waals surface area (Å²) in [7, 11) is 0. The lowest BCUT2D eigenvalue weighted by Gasteiger charge is -2.03. The largest absolute Gasteiger partial charge is 0.392 e. The molecule has 4 nitrogen and oxygen atoms in total. The molecule has 2 aliphatic rings. The van der Waals surface area contributed by atoms with E-state index in [1.807, 2.05) is 0 Å². The molecule has 0 saturated heterocycles. The van der Waals surface area contributed by atoms with Crippen LogP contribution in [0.4, 0.5) is 0 Å². The van der Waals surface area contributed by atoms with Crippen molar-refractivity contribution in [2.24, 2.45) is 5.92 Å².